The Balaban J connectivity index is 1.51. The third kappa shape index (κ3) is 4.67. The van der Waals surface area contributed by atoms with Gasteiger partial charge in [-0.1, -0.05) is 17.7 Å². The molecule has 180 valence electrons. The lowest BCUT2D eigenvalue weighted by Gasteiger charge is -2.29. The summed E-state index contributed by atoms with van der Waals surface area (Å²) in [5, 5.41) is 7.62. The van der Waals surface area contributed by atoms with Crippen molar-refractivity contribution in [3.8, 4) is 0 Å². The van der Waals surface area contributed by atoms with Crippen LogP contribution >= 0.6 is 11.6 Å². The van der Waals surface area contributed by atoms with Gasteiger partial charge < -0.3 is 21.1 Å². The van der Waals surface area contributed by atoms with Crippen LogP contribution in [0.15, 0.2) is 24.4 Å². The van der Waals surface area contributed by atoms with Gasteiger partial charge in [0, 0.05) is 41.9 Å². The molecule has 4 N–H and O–H groups in total. The number of anilines is 3. The van der Waals surface area contributed by atoms with Gasteiger partial charge in [-0.15, -0.1) is 0 Å². The molecular formula is C24H30ClN7O2. The summed E-state index contributed by atoms with van der Waals surface area (Å²) in [7, 11) is 0. The van der Waals surface area contributed by atoms with Gasteiger partial charge in [0.25, 0.3) is 0 Å². The predicted octanol–water partition coefficient (Wildman–Crippen LogP) is 4.34. The molecule has 0 radical (unpaired) electrons. The van der Waals surface area contributed by atoms with Crippen molar-refractivity contribution in [3.63, 3.8) is 0 Å². The Morgan fingerprint density at radius 1 is 1.15 bits per heavy atom. The Morgan fingerprint density at radius 3 is 2.65 bits per heavy atom. The van der Waals surface area contributed by atoms with Gasteiger partial charge in [-0.05, 0) is 63.1 Å². The van der Waals surface area contributed by atoms with Crippen LogP contribution in [0.2, 0.25) is 5.02 Å². The maximum atomic E-state index is 11.7. The number of nitrogens with one attached hydrogen (secondary N) is 2. The van der Waals surface area contributed by atoms with Crippen molar-refractivity contribution in [1.29, 1.82) is 0 Å². The lowest BCUT2D eigenvalue weighted by molar-refractivity contribution is -0.122. The number of ether oxygens (including phenoxy) is 1. The van der Waals surface area contributed by atoms with Gasteiger partial charge in [-0.3, -0.25) is 9.36 Å². The van der Waals surface area contributed by atoms with Crippen LogP contribution in [-0.2, 0) is 9.53 Å². The molecule has 1 saturated heterocycles. The maximum Gasteiger partial charge on any atom is 0.224 e. The minimum Gasteiger partial charge on any atom is -0.381 e. The van der Waals surface area contributed by atoms with Crippen LogP contribution in [0.1, 0.15) is 50.1 Å². The molecule has 0 atom stereocenters. The number of nitrogens with zero attached hydrogens (tertiary/aromatic N) is 4. The molecule has 1 aliphatic heterocycles. The zero-order valence-electron chi connectivity index (χ0n) is 19.3. The molecule has 0 unspecified atom stereocenters. The zero-order valence-corrected chi connectivity index (χ0v) is 20.0. The summed E-state index contributed by atoms with van der Waals surface area (Å²) < 4.78 is 7.62. The van der Waals surface area contributed by atoms with E-state index < -0.39 is 0 Å². The number of hydrogen-bond acceptors (Lipinski definition) is 7. The molecule has 9 nitrogen and oxygen atoms in total. The van der Waals surface area contributed by atoms with Gasteiger partial charge in [0.15, 0.2) is 5.65 Å². The van der Waals surface area contributed by atoms with Crippen LogP contribution in [0, 0.1) is 12.8 Å². The second-order valence-corrected chi connectivity index (χ2v) is 9.59. The normalized spacial score (nSPS) is 21.5. The highest BCUT2D eigenvalue weighted by molar-refractivity contribution is 6.31. The van der Waals surface area contributed by atoms with Crippen LogP contribution in [0.5, 0.6) is 0 Å². The van der Waals surface area contributed by atoms with E-state index in [1.807, 2.05) is 25.1 Å². The van der Waals surface area contributed by atoms with Gasteiger partial charge in [0.2, 0.25) is 17.8 Å². The largest absolute Gasteiger partial charge is 0.381 e. The SMILES string of the molecule is Cc1c(Cl)cccc1Nc1nc2cnc(NC3CCOCC3)nc2n1[C@H]1CC[C@H](C(N)=O)CC1. The van der Waals surface area contributed by atoms with E-state index in [4.69, 9.17) is 32.0 Å². The molecule has 10 heteroatoms. The van der Waals surface area contributed by atoms with Crippen molar-refractivity contribution in [3.05, 3.63) is 35.0 Å². The summed E-state index contributed by atoms with van der Waals surface area (Å²) in [6.45, 7) is 3.47. The molecular weight excluding hydrogens is 454 g/mol. The van der Waals surface area contributed by atoms with Crippen molar-refractivity contribution in [2.75, 3.05) is 23.8 Å². The van der Waals surface area contributed by atoms with E-state index in [2.05, 4.69) is 20.2 Å². The first-order valence-electron chi connectivity index (χ1n) is 11.9. The highest BCUT2D eigenvalue weighted by atomic mass is 35.5. The summed E-state index contributed by atoms with van der Waals surface area (Å²) in [6, 6.07) is 6.21. The molecule has 3 aromatic rings. The first-order valence-corrected chi connectivity index (χ1v) is 12.3. The average Bonchev–Trinajstić information content (AvgIpc) is 3.20. The molecule has 1 aliphatic carbocycles. The molecule has 2 fully saturated rings. The Kier molecular flexibility index (Phi) is 6.56. The monoisotopic (exact) mass is 483 g/mol. The summed E-state index contributed by atoms with van der Waals surface area (Å²) >= 11 is 6.36. The van der Waals surface area contributed by atoms with Crippen LogP contribution in [-0.4, -0.2) is 44.7 Å². The Labute approximate surface area is 203 Å². The number of primary amides is 1. The van der Waals surface area contributed by atoms with E-state index in [0.717, 1.165) is 74.2 Å². The van der Waals surface area contributed by atoms with Gasteiger partial charge in [0.1, 0.15) is 5.52 Å². The standard InChI is InChI=1S/C24H30ClN7O2/c1-14-18(25)3-2-4-19(14)29-24-30-20-13-27-23(28-16-9-11-34-12-10-16)31-22(20)32(24)17-7-5-15(6-8-17)21(26)33/h2-4,13,15-17H,5-12H2,1H3,(H2,26,33)(H,29,30)(H,27,28,31)/t15-,17-. The fourth-order valence-electron chi connectivity index (χ4n) is 4.90. The molecule has 34 heavy (non-hydrogen) atoms. The summed E-state index contributed by atoms with van der Waals surface area (Å²) in [5.41, 5.74) is 8.91. The highest BCUT2D eigenvalue weighted by Gasteiger charge is 2.29. The fraction of sp³-hybridized carbons (Fsp3) is 0.500. The smallest absolute Gasteiger partial charge is 0.224 e. The second-order valence-electron chi connectivity index (χ2n) is 9.18. The number of halogens is 1. The molecule has 2 aliphatic rings. The molecule has 1 aromatic carbocycles. The Morgan fingerprint density at radius 2 is 1.91 bits per heavy atom. The van der Waals surface area contributed by atoms with Crippen LogP contribution in [0.25, 0.3) is 11.2 Å². The number of benzene rings is 1. The van der Waals surface area contributed by atoms with Crippen LogP contribution < -0.4 is 16.4 Å². The van der Waals surface area contributed by atoms with Crippen LogP contribution in [0.3, 0.4) is 0 Å². The molecule has 3 heterocycles. The number of hydrogen-bond donors (Lipinski definition) is 3. The fourth-order valence-corrected chi connectivity index (χ4v) is 5.08. The minimum atomic E-state index is -0.216. The van der Waals surface area contributed by atoms with E-state index in [9.17, 15) is 4.79 Å². The van der Waals surface area contributed by atoms with E-state index in [1.54, 1.807) is 6.20 Å². The number of carbonyl (C=O) groups excluding carboxylic acids is 1. The number of carbonyl (C=O) groups is 1. The highest BCUT2D eigenvalue weighted by Crippen LogP contribution is 2.37. The van der Waals surface area contributed by atoms with Crippen molar-refractivity contribution in [2.45, 2.75) is 57.5 Å². The lowest BCUT2D eigenvalue weighted by atomic mass is 9.85. The third-order valence-corrected chi connectivity index (χ3v) is 7.38. The average molecular weight is 484 g/mol. The predicted molar refractivity (Wildman–Crippen MR) is 132 cm³/mol. The van der Waals surface area contributed by atoms with E-state index in [-0.39, 0.29) is 17.9 Å². The minimum absolute atomic E-state index is 0.0713. The molecule has 5 rings (SSSR count). The number of amides is 1. The Bertz CT molecular complexity index is 1180. The molecule has 0 spiro atoms. The zero-order chi connectivity index (χ0) is 23.7. The van der Waals surface area contributed by atoms with Crippen LogP contribution in [0.4, 0.5) is 17.6 Å². The summed E-state index contributed by atoms with van der Waals surface area (Å²) in [4.78, 5) is 26.0. The van der Waals surface area contributed by atoms with Crippen molar-refractivity contribution >= 4 is 46.3 Å². The van der Waals surface area contributed by atoms with E-state index in [1.165, 1.54) is 0 Å². The van der Waals surface area contributed by atoms with Crippen molar-refractivity contribution in [2.24, 2.45) is 11.7 Å². The number of rotatable bonds is 6. The summed E-state index contributed by atoms with van der Waals surface area (Å²) in [6.07, 6.45) is 6.80. The molecule has 0 bridgehead atoms. The number of aromatic nitrogens is 4. The van der Waals surface area contributed by atoms with Crippen molar-refractivity contribution < 1.29 is 9.53 Å². The van der Waals surface area contributed by atoms with E-state index in [0.29, 0.717) is 23.0 Å². The Hall–Kier alpha value is -2.91. The summed E-state index contributed by atoms with van der Waals surface area (Å²) in [5.74, 6) is 1.00. The number of fused-ring (bicyclic) bond motifs is 1. The lowest BCUT2D eigenvalue weighted by Crippen LogP contribution is -2.29. The van der Waals surface area contributed by atoms with Gasteiger partial charge in [-0.2, -0.15) is 4.98 Å². The third-order valence-electron chi connectivity index (χ3n) is 6.97. The van der Waals surface area contributed by atoms with Gasteiger partial charge in [0.05, 0.1) is 6.20 Å². The number of imidazole rings is 1. The van der Waals surface area contributed by atoms with E-state index >= 15 is 0 Å². The molecule has 1 amide bonds. The quantitative estimate of drug-likeness (QED) is 0.477. The second kappa shape index (κ2) is 9.76. The first kappa shape index (κ1) is 22.9. The first-order chi connectivity index (χ1) is 16.5. The van der Waals surface area contributed by atoms with Gasteiger partial charge >= 0.3 is 0 Å². The number of nitrogens with two attached hydrogens (primary N) is 1. The van der Waals surface area contributed by atoms with Crippen molar-refractivity contribution in [1.82, 2.24) is 19.5 Å². The topological polar surface area (TPSA) is 120 Å². The van der Waals surface area contributed by atoms with Gasteiger partial charge in [-0.25, -0.2) is 9.97 Å². The maximum absolute atomic E-state index is 11.7. The molecule has 1 saturated carbocycles. The molecule has 2 aromatic heterocycles.